The van der Waals surface area contributed by atoms with Gasteiger partial charge in [0.05, 0.1) is 0 Å². The van der Waals surface area contributed by atoms with Gasteiger partial charge in [0.1, 0.15) is 0 Å². The molecule has 0 atom stereocenters. The van der Waals surface area contributed by atoms with E-state index in [0.717, 1.165) is 6.42 Å². The summed E-state index contributed by atoms with van der Waals surface area (Å²) in [4.78, 5) is 0. The second-order valence-electron chi connectivity index (χ2n) is 3.90. The number of thioether (sulfide) groups is 1. The van der Waals surface area contributed by atoms with Crippen molar-refractivity contribution in [2.75, 3.05) is 18.6 Å². The molecule has 0 saturated heterocycles. The lowest BCUT2D eigenvalue weighted by Crippen LogP contribution is -1.85. The zero-order valence-electron chi connectivity index (χ0n) is 9.63. The maximum absolute atomic E-state index is 8.59. The zero-order chi connectivity index (χ0) is 10.5. The van der Waals surface area contributed by atoms with E-state index in [-0.39, 0.29) is 0 Å². The summed E-state index contributed by atoms with van der Waals surface area (Å²) < 4.78 is 0. The third-order valence-corrected chi connectivity index (χ3v) is 3.20. The molecule has 0 spiro atoms. The van der Waals surface area contributed by atoms with Crippen LogP contribution in [0.1, 0.15) is 57.8 Å². The molecular weight excluding hydrogens is 192 g/mol. The first kappa shape index (κ1) is 14.3. The Kier molecular flexibility index (Phi) is 13.6. The molecule has 0 aliphatic heterocycles. The lowest BCUT2D eigenvalue weighted by molar-refractivity contribution is 0.282. The van der Waals surface area contributed by atoms with Crippen molar-refractivity contribution in [3.63, 3.8) is 0 Å². The standard InChI is InChI=1S/C12H26OS/c1-14-12-10-8-6-4-2-3-5-7-9-11-13/h13H,2-12H2,1H3. The summed E-state index contributed by atoms with van der Waals surface area (Å²) in [6.45, 7) is 0.370. The van der Waals surface area contributed by atoms with Crippen LogP contribution in [-0.4, -0.2) is 23.7 Å². The average Bonchev–Trinajstić information content (AvgIpc) is 2.21. The largest absolute Gasteiger partial charge is 0.396 e. The Morgan fingerprint density at radius 2 is 1.14 bits per heavy atom. The van der Waals surface area contributed by atoms with Crippen molar-refractivity contribution >= 4 is 11.8 Å². The van der Waals surface area contributed by atoms with Crippen molar-refractivity contribution in [1.29, 1.82) is 0 Å². The molecule has 1 nitrogen and oxygen atoms in total. The van der Waals surface area contributed by atoms with Gasteiger partial charge in [-0.2, -0.15) is 11.8 Å². The van der Waals surface area contributed by atoms with Crippen molar-refractivity contribution in [2.24, 2.45) is 0 Å². The Labute approximate surface area is 93.7 Å². The maximum atomic E-state index is 8.59. The molecule has 0 aliphatic carbocycles. The first-order valence-electron chi connectivity index (χ1n) is 6.01. The molecule has 1 N–H and O–H groups in total. The molecule has 0 amide bonds. The van der Waals surface area contributed by atoms with Gasteiger partial charge in [-0.1, -0.05) is 44.9 Å². The van der Waals surface area contributed by atoms with E-state index < -0.39 is 0 Å². The zero-order valence-corrected chi connectivity index (χ0v) is 10.5. The van der Waals surface area contributed by atoms with Crippen LogP contribution in [0.15, 0.2) is 0 Å². The molecule has 86 valence electrons. The van der Waals surface area contributed by atoms with Crippen molar-refractivity contribution in [1.82, 2.24) is 0 Å². The number of hydrogen-bond donors (Lipinski definition) is 1. The fourth-order valence-corrected chi connectivity index (χ4v) is 2.09. The molecule has 0 aromatic heterocycles. The summed E-state index contributed by atoms with van der Waals surface area (Å²) in [5, 5.41) is 8.59. The van der Waals surface area contributed by atoms with Gasteiger partial charge in [-0.15, -0.1) is 0 Å². The number of hydrogen-bond acceptors (Lipinski definition) is 2. The fraction of sp³-hybridized carbons (Fsp3) is 1.00. The summed E-state index contributed by atoms with van der Waals surface area (Å²) >= 11 is 1.96. The third kappa shape index (κ3) is 12.3. The highest BCUT2D eigenvalue weighted by atomic mass is 32.2. The molecule has 0 aromatic rings. The van der Waals surface area contributed by atoms with Crippen LogP contribution >= 0.6 is 11.8 Å². The van der Waals surface area contributed by atoms with Crippen LogP contribution in [-0.2, 0) is 0 Å². The Morgan fingerprint density at radius 3 is 1.57 bits per heavy atom. The van der Waals surface area contributed by atoms with E-state index in [4.69, 9.17) is 5.11 Å². The van der Waals surface area contributed by atoms with Crippen LogP contribution in [0.4, 0.5) is 0 Å². The van der Waals surface area contributed by atoms with Crippen LogP contribution in [0.25, 0.3) is 0 Å². The quantitative estimate of drug-likeness (QED) is 0.532. The van der Waals surface area contributed by atoms with Gasteiger partial charge in [0, 0.05) is 6.61 Å². The molecule has 0 aliphatic rings. The molecule has 0 saturated carbocycles. The van der Waals surface area contributed by atoms with E-state index in [9.17, 15) is 0 Å². The SMILES string of the molecule is CSCCCCCCCCCCCO. The third-order valence-electron chi connectivity index (χ3n) is 2.51. The highest BCUT2D eigenvalue weighted by molar-refractivity contribution is 7.98. The van der Waals surface area contributed by atoms with Crippen LogP contribution < -0.4 is 0 Å². The molecule has 14 heavy (non-hydrogen) atoms. The van der Waals surface area contributed by atoms with Gasteiger partial charge in [-0.25, -0.2) is 0 Å². The Balaban J connectivity index is 2.78. The predicted molar refractivity (Wildman–Crippen MR) is 67.0 cm³/mol. The summed E-state index contributed by atoms with van der Waals surface area (Å²) in [6.07, 6.45) is 14.1. The minimum Gasteiger partial charge on any atom is -0.396 e. The van der Waals surface area contributed by atoms with Crippen molar-refractivity contribution in [3.8, 4) is 0 Å². The van der Waals surface area contributed by atoms with Gasteiger partial charge < -0.3 is 5.11 Å². The summed E-state index contributed by atoms with van der Waals surface area (Å²) in [5.41, 5.74) is 0. The molecule has 0 bridgehead atoms. The lowest BCUT2D eigenvalue weighted by atomic mass is 10.1. The fourth-order valence-electron chi connectivity index (χ4n) is 1.60. The van der Waals surface area contributed by atoms with Crippen molar-refractivity contribution in [3.05, 3.63) is 0 Å². The van der Waals surface area contributed by atoms with E-state index >= 15 is 0 Å². The van der Waals surface area contributed by atoms with E-state index in [0.29, 0.717) is 6.61 Å². The number of aliphatic hydroxyl groups excluding tert-OH is 1. The van der Waals surface area contributed by atoms with E-state index in [1.54, 1.807) is 0 Å². The Morgan fingerprint density at radius 1 is 0.714 bits per heavy atom. The van der Waals surface area contributed by atoms with Gasteiger partial charge in [-0.3, -0.25) is 0 Å². The minimum atomic E-state index is 0.370. The molecular formula is C12H26OS. The first-order chi connectivity index (χ1) is 6.91. The van der Waals surface area contributed by atoms with Crippen LogP contribution in [0.5, 0.6) is 0 Å². The van der Waals surface area contributed by atoms with Gasteiger partial charge >= 0.3 is 0 Å². The Hall–Kier alpha value is 0.310. The molecule has 0 unspecified atom stereocenters. The monoisotopic (exact) mass is 218 g/mol. The average molecular weight is 218 g/mol. The second kappa shape index (κ2) is 13.3. The minimum absolute atomic E-state index is 0.370. The topological polar surface area (TPSA) is 20.2 Å². The highest BCUT2D eigenvalue weighted by Gasteiger charge is 1.91. The first-order valence-corrected chi connectivity index (χ1v) is 7.41. The predicted octanol–water partition coefficient (Wildman–Crippen LogP) is 3.85. The van der Waals surface area contributed by atoms with Gasteiger partial charge in [0.15, 0.2) is 0 Å². The van der Waals surface area contributed by atoms with Crippen LogP contribution in [0, 0.1) is 0 Å². The normalized spacial score (nSPS) is 10.7. The number of rotatable bonds is 11. The van der Waals surface area contributed by atoms with Crippen molar-refractivity contribution in [2.45, 2.75) is 57.8 Å². The molecule has 0 aromatic carbocycles. The van der Waals surface area contributed by atoms with E-state index in [1.165, 1.54) is 57.1 Å². The lowest BCUT2D eigenvalue weighted by Gasteiger charge is -2.01. The summed E-state index contributed by atoms with van der Waals surface area (Å²) in [6, 6.07) is 0. The molecule has 2 heteroatoms. The van der Waals surface area contributed by atoms with Gasteiger partial charge in [0.25, 0.3) is 0 Å². The molecule has 0 radical (unpaired) electrons. The van der Waals surface area contributed by atoms with E-state index in [1.807, 2.05) is 11.8 Å². The number of aliphatic hydroxyl groups is 1. The van der Waals surface area contributed by atoms with Gasteiger partial charge in [-0.05, 0) is 24.9 Å². The molecule has 0 fully saturated rings. The highest BCUT2D eigenvalue weighted by Crippen LogP contribution is 2.10. The van der Waals surface area contributed by atoms with Gasteiger partial charge in [0.2, 0.25) is 0 Å². The Bertz CT molecular complexity index is 84.3. The maximum Gasteiger partial charge on any atom is 0.0431 e. The smallest absolute Gasteiger partial charge is 0.0431 e. The van der Waals surface area contributed by atoms with E-state index in [2.05, 4.69) is 6.26 Å². The summed E-state index contributed by atoms with van der Waals surface area (Å²) in [7, 11) is 0. The number of unbranched alkanes of at least 4 members (excludes halogenated alkanes) is 8. The second-order valence-corrected chi connectivity index (χ2v) is 4.88. The van der Waals surface area contributed by atoms with Crippen LogP contribution in [0.3, 0.4) is 0 Å². The molecule has 0 rings (SSSR count). The van der Waals surface area contributed by atoms with Crippen molar-refractivity contribution < 1.29 is 5.11 Å². The van der Waals surface area contributed by atoms with Crippen LogP contribution in [0.2, 0.25) is 0 Å². The summed E-state index contributed by atoms with van der Waals surface area (Å²) in [5.74, 6) is 1.33. The molecule has 0 heterocycles.